The smallest absolute Gasteiger partial charge is 0.0678 e. The Labute approximate surface area is 128 Å². The third-order valence-corrected chi connectivity index (χ3v) is 4.25. The van der Waals surface area contributed by atoms with Gasteiger partial charge in [0.25, 0.3) is 0 Å². The molecule has 0 amide bonds. The molecule has 3 unspecified atom stereocenters. The van der Waals surface area contributed by atoms with Crippen molar-refractivity contribution in [1.29, 1.82) is 0 Å². The Morgan fingerprint density at radius 2 is 2.05 bits per heavy atom. The zero-order valence-electron chi connectivity index (χ0n) is 11.3. The van der Waals surface area contributed by atoms with Crippen molar-refractivity contribution in [2.45, 2.75) is 32.1 Å². The third kappa shape index (κ3) is 3.70. The molecule has 1 aromatic carbocycles. The second-order valence-corrected chi connectivity index (χ2v) is 6.45. The maximum Gasteiger partial charge on any atom is 0.0678 e. The molecule has 5 heteroatoms. The first kappa shape index (κ1) is 15.3. The SMILES string of the molecule is CC1CN(C(CN)c2ccc(Br)cc2Cl)CC(C)O1. The van der Waals surface area contributed by atoms with Crippen LogP contribution in [-0.2, 0) is 4.74 Å². The summed E-state index contributed by atoms with van der Waals surface area (Å²) in [5.41, 5.74) is 7.07. The molecule has 1 aromatic rings. The fraction of sp³-hybridized carbons (Fsp3) is 0.571. The fourth-order valence-electron chi connectivity index (χ4n) is 2.72. The zero-order chi connectivity index (χ0) is 14.0. The van der Waals surface area contributed by atoms with Crippen LogP contribution < -0.4 is 5.73 Å². The van der Waals surface area contributed by atoms with Crippen LogP contribution in [0.2, 0.25) is 5.02 Å². The highest BCUT2D eigenvalue weighted by atomic mass is 79.9. The lowest BCUT2D eigenvalue weighted by atomic mass is 10.0. The van der Waals surface area contributed by atoms with Gasteiger partial charge in [0.2, 0.25) is 0 Å². The van der Waals surface area contributed by atoms with E-state index in [0.29, 0.717) is 6.54 Å². The van der Waals surface area contributed by atoms with Gasteiger partial charge in [-0.25, -0.2) is 0 Å². The predicted octanol–water partition coefficient (Wildman–Crippen LogP) is 3.21. The highest BCUT2D eigenvalue weighted by Crippen LogP contribution is 2.31. The molecule has 0 aliphatic carbocycles. The van der Waals surface area contributed by atoms with Crippen molar-refractivity contribution in [2.75, 3.05) is 19.6 Å². The Morgan fingerprint density at radius 1 is 1.42 bits per heavy atom. The van der Waals surface area contributed by atoms with Crippen LogP contribution in [0.25, 0.3) is 0 Å². The molecule has 3 atom stereocenters. The van der Waals surface area contributed by atoms with E-state index in [9.17, 15) is 0 Å². The van der Waals surface area contributed by atoms with E-state index in [2.05, 4.69) is 40.7 Å². The van der Waals surface area contributed by atoms with Crippen LogP contribution in [-0.4, -0.2) is 36.7 Å². The van der Waals surface area contributed by atoms with Gasteiger partial charge in [0.15, 0.2) is 0 Å². The molecule has 0 aromatic heterocycles. The molecular formula is C14H20BrClN2O. The van der Waals surface area contributed by atoms with E-state index in [1.807, 2.05) is 12.1 Å². The maximum absolute atomic E-state index is 6.35. The molecule has 1 fully saturated rings. The maximum atomic E-state index is 6.35. The van der Waals surface area contributed by atoms with Crippen LogP contribution in [0, 0.1) is 0 Å². The summed E-state index contributed by atoms with van der Waals surface area (Å²) in [6, 6.07) is 6.13. The summed E-state index contributed by atoms with van der Waals surface area (Å²) in [6.45, 7) is 6.52. The van der Waals surface area contributed by atoms with Crippen molar-refractivity contribution in [1.82, 2.24) is 4.90 Å². The van der Waals surface area contributed by atoms with Gasteiger partial charge in [-0.2, -0.15) is 0 Å². The highest BCUT2D eigenvalue weighted by molar-refractivity contribution is 9.10. The minimum absolute atomic E-state index is 0.148. The Hall–Kier alpha value is -0.130. The summed E-state index contributed by atoms with van der Waals surface area (Å²) in [5.74, 6) is 0. The van der Waals surface area contributed by atoms with Crippen LogP contribution in [0.1, 0.15) is 25.5 Å². The van der Waals surface area contributed by atoms with Gasteiger partial charge in [0, 0.05) is 35.2 Å². The number of rotatable bonds is 3. The predicted molar refractivity (Wildman–Crippen MR) is 82.5 cm³/mol. The van der Waals surface area contributed by atoms with E-state index in [4.69, 9.17) is 22.1 Å². The number of nitrogens with two attached hydrogens (primary N) is 1. The monoisotopic (exact) mass is 346 g/mol. The highest BCUT2D eigenvalue weighted by Gasteiger charge is 2.29. The number of hydrogen-bond acceptors (Lipinski definition) is 3. The first-order chi connectivity index (χ1) is 9.01. The summed E-state index contributed by atoms with van der Waals surface area (Å²) in [6.07, 6.45) is 0.457. The minimum atomic E-state index is 0.148. The van der Waals surface area contributed by atoms with E-state index >= 15 is 0 Å². The largest absolute Gasteiger partial charge is 0.373 e. The van der Waals surface area contributed by atoms with Gasteiger partial charge in [-0.1, -0.05) is 33.6 Å². The summed E-state index contributed by atoms with van der Waals surface area (Å²) < 4.78 is 6.76. The average Bonchev–Trinajstić information content (AvgIpc) is 2.31. The second-order valence-electron chi connectivity index (χ2n) is 5.13. The van der Waals surface area contributed by atoms with Gasteiger partial charge in [0.1, 0.15) is 0 Å². The number of ether oxygens (including phenoxy) is 1. The van der Waals surface area contributed by atoms with Gasteiger partial charge in [-0.15, -0.1) is 0 Å². The summed E-state index contributed by atoms with van der Waals surface area (Å²) in [5, 5.41) is 0.761. The second kappa shape index (κ2) is 6.55. The molecular weight excluding hydrogens is 328 g/mol. The van der Waals surface area contributed by atoms with Crippen LogP contribution in [0.3, 0.4) is 0 Å². The van der Waals surface area contributed by atoms with Crippen molar-refractivity contribution < 1.29 is 4.74 Å². The topological polar surface area (TPSA) is 38.5 Å². The molecule has 1 aliphatic rings. The number of morpholine rings is 1. The summed E-state index contributed by atoms with van der Waals surface area (Å²) >= 11 is 9.78. The van der Waals surface area contributed by atoms with Gasteiger partial charge < -0.3 is 10.5 Å². The molecule has 0 saturated carbocycles. The quantitative estimate of drug-likeness (QED) is 0.912. The van der Waals surface area contributed by atoms with E-state index in [1.165, 1.54) is 0 Å². The van der Waals surface area contributed by atoms with Crippen molar-refractivity contribution in [2.24, 2.45) is 5.73 Å². The average molecular weight is 348 g/mol. The third-order valence-electron chi connectivity index (χ3n) is 3.43. The molecule has 2 rings (SSSR count). The Morgan fingerprint density at radius 3 is 2.58 bits per heavy atom. The van der Waals surface area contributed by atoms with Crippen LogP contribution in [0.4, 0.5) is 0 Å². The van der Waals surface area contributed by atoms with Crippen molar-refractivity contribution in [3.8, 4) is 0 Å². The number of benzene rings is 1. The zero-order valence-corrected chi connectivity index (χ0v) is 13.6. The molecule has 106 valence electrons. The number of hydrogen-bond donors (Lipinski definition) is 1. The van der Waals surface area contributed by atoms with E-state index in [0.717, 1.165) is 28.1 Å². The summed E-state index contributed by atoms with van der Waals surface area (Å²) in [4.78, 5) is 2.37. The van der Waals surface area contributed by atoms with Gasteiger partial charge in [-0.3, -0.25) is 4.90 Å². The molecule has 1 saturated heterocycles. The van der Waals surface area contributed by atoms with E-state index in [-0.39, 0.29) is 18.2 Å². The first-order valence-electron chi connectivity index (χ1n) is 6.55. The van der Waals surface area contributed by atoms with Gasteiger partial charge >= 0.3 is 0 Å². The fourth-order valence-corrected chi connectivity index (χ4v) is 3.52. The van der Waals surface area contributed by atoms with Crippen molar-refractivity contribution >= 4 is 27.5 Å². The van der Waals surface area contributed by atoms with Gasteiger partial charge in [-0.05, 0) is 31.5 Å². The molecule has 2 N–H and O–H groups in total. The number of nitrogens with zero attached hydrogens (tertiary/aromatic N) is 1. The lowest BCUT2D eigenvalue weighted by molar-refractivity contribution is -0.0799. The minimum Gasteiger partial charge on any atom is -0.373 e. The first-order valence-corrected chi connectivity index (χ1v) is 7.73. The van der Waals surface area contributed by atoms with Crippen LogP contribution in [0.5, 0.6) is 0 Å². The molecule has 0 bridgehead atoms. The number of halogens is 2. The molecule has 0 spiro atoms. The Kier molecular flexibility index (Phi) is 5.26. The standard InChI is InChI=1S/C14H20BrClN2O/c1-9-7-18(8-10(2)19-9)14(6-17)12-4-3-11(15)5-13(12)16/h3-5,9-10,14H,6-8,17H2,1-2H3. The van der Waals surface area contributed by atoms with E-state index in [1.54, 1.807) is 0 Å². The Balaban J connectivity index is 2.23. The normalized spacial score (nSPS) is 26.4. The van der Waals surface area contributed by atoms with E-state index < -0.39 is 0 Å². The van der Waals surface area contributed by atoms with Crippen molar-refractivity contribution in [3.05, 3.63) is 33.3 Å². The molecule has 3 nitrogen and oxygen atoms in total. The van der Waals surface area contributed by atoms with Gasteiger partial charge in [0.05, 0.1) is 12.2 Å². The Bertz CT molecular complexity index is 433. The lowest BCUT2D eigenvalue weighted by Gasteiger charge is -2.40. The molecule has 19 heavy (non-hydrogen) atoms. The molecule has 1 heterocycles. The molecule has 1 aliphatic heterocycles. The van der Waals surface area contributed by atoms with Crippen molar-refractivity contribution in [3.63, 3.8) is 0 Å². The lowest BCUT2D eigenvalue weighted by Crippen LogP contribution is -2.48. The van der Waals surface area contributed by atoms with Crippen LogP contribution >= 0.6 is 27.5 Å². The van der Waals surface area contributed by atoms with Crippen LogP contribution in [0.15, 0.2) is 22.7 Å². The molecule has 0 radical (unpaired) electrons. The summed E-state index contributed by atoms with van der Waals surface area (Å²) in [7, 11) is 0.